The van der Waals surface area contributed by atoms with Gasteiger partial charge in [0.05, 0.1) is 11.6 Å². The van der Waals surface area contributed by atoms with Crippen molar-refractivity contribution in [1.82, 2.24) is 5.32 Å². The van der Waals surface area contributed by atoms with E-state index in [1.165, 1.54) is 6.92 Å². The molecule has 3 nitrogen and oxygen atoms in total. The molecule has 1 N–H and O–H groups in total. The van der Waals surface area contributed by atoms with Crippen molar-refractivity contribution < 1.29 is 4.79 Å². The first-order valence-corrected chi connectivity index (χ1v) is 3.29. The zero-order valence-corrected chi connectivity index (χ0v) is 6.22. The first-order chi connectivity index (χ1) is 5.24. The number of nitrogens with zero attached hydrogens (tertiary/aromatic N) is 1. The molecule has 0 unspecified atom stereocenters. The van der Waals surface area contributed by atoms with Crippen molar-refractivity contribution in [3.05, 3.63) is 23.5 Å². The first-order valence-electron chi connectivity index (χ1n) is 3.29. The van der Waals surface area contributed by atoms with Crippen LogP contribution in [0.3, 0.4) is 0 Å². The van der Waals surface area contributed by atoms with Crippen LogP contribution in [0.1, 0.15) is 13.3 Å². The van der Waals surface area contributed by atoms with E-state index < -0.39 is 0 Å². The number of carbonyl (C=O) groups is 1. The molecule has 0 aromatic heterocycles. The highest BCUT2D eigenvalue weighted by atomic mass is 16.1. The molecule has 3 heteroatoms. The standard InChI is InChI=1S/C8H8N2O/c1-6(11)8-2-7(3-9)4-10-5-8/h4-5,10H,2H2,1H3. The van der Waals surface area contributed by atoms with Crippen LogP contribution < -0.4 is 5.32 Å². The summed E-state index contributed by atoms with van der Waals surface area (Å²) >= 11 is 0. The van der Waals surface area contributed by atoms with Crippen molar-refractivity contribution in [2.45, 2.75) is 13.3 Å². The summed E-state index contributed by atoms with van der Waals surface area (Å²) in [5.74, 6) is 0.0124. The molecule has 1 aliphatic rings. The van der Waals surface area contributed by atoms with Crippen LogP contribution in [-0.4, -0.2) is 5.78 Å². The summed E-state index contributed by atoms with van der Waals surface area (Å²) in [5, 5.41) is 11.2. The number of hydrogen-bond acceptors (Lipinski definition) is 3. The van der Waals surface area contributed by atoms with E-state index in [9.17, 15) is 4.79 Å². The number of carbonyl (C=O) groups excluding carboxylic acids is 1. The fourth-order valence-corrected chi connectivity index (χ4v) is 0.848. The molecule has 0 saturated carbocycles. The Bertz CT molecular complexity index is 281. The second-order valence-electron chi connectivity index (χ2n) is 2.35. The highest BCUT2D eigenvalue weighted by Crippen LogP contribution is 2.13. The lowest BCUT2D eigenvalue weighted by molar-refractivity contribution is -0.113. The Hall–Kier alpha value is -1.56. The Morgan fingerprint density at radius 1 is 1.73 bits per heavy atom. The lowest BCUT2D eigenvalue weighted by atomic mass is 10.0. The van der Waals surface area contributed by atoms with Gasteiger partial charge in [0.15, 0.2) is 5.78 Å². The van der Waals surface area contributed by atoms with Gasteiger partial charge < -0.3 is 5.32 Å². The molecule has 1 heterocycles. The second-order valence-corrected chi connectivity index (χ2v) is 2.35. The molecule has 56 valence electrons. The van der Waals surface area contributed by atoms with Crippen LogP contribution >= 0.6 is 0 Å². The molecule has 0 fully saturated rings. The first kappa shape index (κ1) is 7.55. The van der Waals surface area contributed by atoms with Crippen LogP contribution in [0.25, 0.3) is 0 Å². The van der Waals surface area contributed by atoms with Crippen LogP contribution in [0.5, 0.6) is 0 Å². The van der Waals surface area contributed by atoms with Gasteiger partial charge in [-0.15, -0.1) is 0 Å². The SMILES string of the molecule is CC(=O)C1=CNC=C(C#N)C1. The largest absolute Gasteiger partial charge is 0.366 e. The molecule has 0 bridgehead atoms. The molecular formula is C8H8N2O. The second kappa shape index (κ2) is 3.02. The number of allylic oxidation sites excluding steroid dienone is 2. The topological polar surface area (TPSA) is 52.9 Å². The van der Waals surface area contributed by atoms with E-state index in [-0.39, 0.29) is 5.78 Å². The maximum absolute atomic E-state index is 10.8. The molecule has 1 aliphatic heterocycles. The van der Waals surface area contributed by atoms with Crippen molar-refractivity contribution in [2.75, 3.05) is 0 Å². The van der Waals surface area contributed by atoms with Crippen molar-refractivity contribution in [2.24, 2.45) is 0 Å². The van der Waals surface area contributed by atoms with Gasteiger partial charge in [-0.1, -0.05) is 0 Å². The van der Waals surface area contributed by atoms with Crippen LogP contribution in [0.2, 0.25) is 0 Å². The summed E-state index contributed by atoms with van der Waals surface area (Å²) in [5.41, 5.74) is 1.25. The molecule has 0 aliphatic carbocycles. The van der Waals surface area contributed by atoms with Crippen molar-refractivity contribution >= 4 is 5.78 Å². The fourth-order valence-electron chi connectivity index (χ4n) is 0.848. The summed E-state index contributed by atoms with van der Waals surface area (Å²) in [6.45, 7) is 1.49. The van der Waals surface area contributed by atoms with Gasteiger partial charge in [-0.25, -0.2) is 0 Å². The zero-order valence-electron chi connectivity index (χ0n) is 6.22. The van der Waals surface area contributed by atoms with E-state index >= 15 is 0 Å². The third-order valence-electron chi connectivity index (χ3n) is 1.49. The molecule has 11 heavy (non-hydrogen) atoms. The molecule has 1 rings (SSSR count). The van der Waals surface area contributed by atoms with Crippen LogP contribution in [0.4, 0.5) is 0 Å². The third kappa shape index (κ3) is 1.68. The third-order valence-corrected chi connectivity index (χ3v) is 1.49. The van der Waals surface area contributed by atoms with Crippen LogP contribution in [-0.2, 0) is 4.79 Å². The minimum Gasteiger partial charge on any atom is -0.366 e. The average molecular weight is 148 g/mol. The summed E-state index contributed by atoms with van der Waals surface area (Å²) in [6.07, 6.45) is 3.69. The smallest absolute Gasteiger partial charge is 0.157 e. The molecular weight excluding hydrogens is 140 g/mol. The number of rotatable bonds is 1. The summed E-state index contributed by atoms with van der Waals surface area (Å²) in [6, 6.07) is 1.99. The molecule has 0 saturated heterocycles. The maximum Gasteiger partial charge on any atom is 0.157 e. The monoisotopic (exact) mass is 148 g/mol. The van der Waals surface area contributed by atoms with Gasteiger partial charge in [0.2, 0.25) is 0 Å². The van der Waals surface area contributed by atoms with Crippen molar-refractivity contribution in [3.63, 3.8) is 0 Å². The molecule has 0 aromatic rings. The number of ketones is 1. The number of nitriles is 1. The number of dihydropyridines is 1. The van der Waals surface area contributed by atoms with E-state index in [4.69, 9.17) is 5.26 Å². The minimum absolute atomic E-state index is 0.0124. The quantitative estimate of drug-likeness (QED) is 0.600. The summed E-state index contributed by atoms with van der Waals surface area (Å²) in [7, 11) is 0. The fraction of sp³-hybridized carbons (Fsp3) is 0.250. The molecule has 0 amide bonds. The Kier molecular flexibility index (Phi) is 2.07. The normalized spacial score (nSPS) is 15.6. The zero-order chi connectivity index (χ0) is 8.27. The van der Waals surface area contributed by atoms with Crippen LogP contribution in [0, 0.1) is 11.3 Å². The van der Waals surface area contributed by atoms with Gasteiger partial charge in [0, 0.05) is 24.4 Å². The number of hydrogen-bond donors (Lipinski definition) is 1. The van der Waals surface area contributed by atoms with E-state index in [1.54, 1.807) is 12.4 Å². The number of nitrogens with one attached hydrogen (secondary N) is 1. The molecule has 0 atom stereocenters. The Balaban J connectivity index is 2.72. The van der Waals surface area contributed by atoms with Gasteiger partial charge in [-0.3, -0.25) is 4.79 Å². The van der Waals surface area contributed by atoms with Gasteiger partial charge >= 0.3 is 0 Å². The Labute approximate surface area is 65.0 Å². The molecule has 0 spiro atoms. The number of Topliss-reactive ketones (excluding diaryl/α,β-unsaturated/α-hetero) is 1. The minimum atomic E-state index is 0.0124. The van der Waals surface area contributed by atoms with E-state index in [2.05, 4.69) is 5.32 Å². The maximum atomic E-state index is 10.8. The van der Waals surface area contributed by atoms with Crippen molar-refractivity contribution in [3.8, 4) is 6.07 Å². The Morgan fingerprint density at radius 2 is 2.45 bits per heavy atom. The van der Waals surface area contributed by atoms with E-state index in [0.717, 1.165) is 0 Å². The summed E-state index contributed by atoms with van der Waals surface area (Å²) in [4.78, 5) is 10.8. The van der Waals surface area contributed by atoms with Crippen molar-refractivity contribution in [1.29, 1.82) is 5.26 Å². The summed E-state index contributed by atoms with van der Waals surface area (Å²) < 4.78 is 0. The van der Waals surface area contributed by atoms with Gasteiger partial charge in [0.1, 0.15) is 0 Å². The average Bonchev–Trinajstić information content (AvgIpc) is 2.05. The highest BCUT2D eigenvalue weighted by molar-refractivity contribution is 5.93. The Morgan fingerprint density at radius 3 is 3.00 bits per heavy atom. The van der Waals surface area contributed by atoms with E-state index in [0.29, 0.717) is 17.6 Å². The predicted molar refractivity (Wildman–Crippen MR) is 40.2 cm³/mol. The molecule has 0 aromatic carbocycles. The van der Waals surface area contributed by atoms with E-state index in [1.807, 2.05) is 6.07 Å². The predicted octanol–water partition coefficient (Wildman–Crippen LogP) is 0.860. The van der Waals surface area contributed by atoms with Gasteiger partial charge in [-0.05, 0) is 6.92 Å². The van der Waals surface area contributed by atoms with Crippen LogP contribution in [0.15, 0.2) is 23.5 Å². The highest BCUT2D eigenvalue weighted by Gasteiger charge is 2.09. The molecule has 0 radical (unpaired) electrons. The lowest BCUT2D eigenvalue weighted by Crippen LogP contribution is -2.09. The van der Waals surface area contributed by atoms with Gasteiger partial charge in [-0.2, -0.15) is 5.26 Å². The van der Waals surface area contributed by atoms with Gasteiger partial charge in [0.25, 0.3) is 0 Å². The lowest BCUT2D eigenvalue weighted by Gasteiger charge is -2.07.